The van der Waals surface area contributed by atoms with Crippen molar-refractivity contribution in [3.05, 3.63) is 0 Å². The van der Waals surface area contributed by atoms with Gasteiger partial charge in [0, 0.05) is 12.6 Å². The number of urea groups is 1. The van der Waals surface area contributed by atoms with E-state index in [9.17, 15) is 9.59 Å². The number of rotatable bonds is 6. The molecular formula is C15H28N2O3. The second-order valence-corrected chi connectivity index (χ2v) is 6.24. The molecule has 0 spiro atoms. The molecule has 0 saturated heterocycles. The first kappa shape index (κ1) is 16.8. The van der Waals surface area contributed by atoms with E-state index in [4.69, 9.17) is 5.11 Å². The van der Waals surface area contributed by atoms with Crippen molar-refractivity contribution in [2.24, 2.45) is 11.8 Å². The van der Waals surface area contributed by atoms with Crippen LogP contribution in [0.3, 0.4) is 0 Å². The van der Waals surface area contributed by atoms with E-state index >= 15 is 0 Å². The van der Waals surface area contributed by atoms with Crippen LogP contribution in [0.15, 0.2) is 0 Å². The van der Waals surface area contributed by atoms with E-state index in [1.165, 1.54) is 11.3 Å². The minimum Gasteiger partial charge on any atom is -0.480 e. The summed E-state index contributed by atoms with van der Waals surface area (Å²) in [4.78, 5) is 24.4. The molecule has 116 valence electrons. The first-order valence-corrected chi connectivity index (χ1v) is 7.69. The van der Waals surface area contributed by atoms with Gasteiger partial charge >= 0.3 is 12.0 Å². The van der Waals surface area contributed by atoms with Crippen molar-refractivity contribution in [3.8, 4) is 0 Å². The second-order valence-electron chi connectivity index (χ2n) is 6.24. The molecule has 0 radical (unpaired) electrons. The zero-order valence-electron chi connectivity index (χ0n) is 12.9. The molecule has 1 fully saturated rings. The van der Waals surface area contributed by atoms with Crippen LogP contribution in [0.25, 0.3) is 0 Å². The topological polar surface area (TPSA) is 69.6 Å². The highest BCUT2D eigenvalue weighted by Crippen LogP contribution is 2.26. The van der Waals surface area contributed by atoms with E-state index < -0.39 is 5.97 Å². The number of carbonyl (C=O) groups excluding carboxylic acids is 1. The molecule has 0 aromatic heterocycles. The Balaban J connectivity index is 2.47. The van der Waals surface area contributed by atoms with Crippen molar-refractivity contribution in [2.75, 3.05) is 13.1 Å². The lowest BCUT2D eigenvalue weighted by Crippen LogP contribution is -2.48. The van der Waals surface area contributed by atoms with Crippen molar-refractivity contribution in [2.45, 2.75) is 58.9 Å². The van der Waals surface area contributed by atoms with Gasteiger partial charge in [0.25, 0.3) is 0 Å². The maximum absolute atomic E-state index is 12.2. The highest BCUT2D eigenvalue weighted by Gasteiger charge is 2.24. The van der Waals surface area contributed by atoms with Crippen LogP contribution in [0.4, 0.5) is 4.79 Å². The Morgan fingerprint density at radius 2 is 1.85 bits per heavy atom. The molecule has 0 atom stereocenters. The fourth-order valence-electron chi connectivity index (χ4n) is 2.80. The molecule has 1 rings (SSSR count). The quantitative estimate of drug-likeness (QED) is 0.788. The zero-order valence-corrected chi connectivity index (χ0v) is 12.9. The summed E-state index contributed by atoms with van der Waals surface area (Å²) >= 11 is 0. The summed E-state index contributed by atoms with van der Waals surface area (Å²) in [5.41, 5.74) is 0. The largest absolute Gasteiger partial charge is 0.480 e. The number of aliphatic carboxylic acids is 1. The first-order chi connectivity index (χ1) is 9.42. The molecule has 2 amide bonds. The third kappa shape index (κ3) is 5.80. The van der Waals surface area contributed by atoms with Gasteiger partial charge in [-0.3, -0.25) is 4.79 Å². The van der Waals surface area contributed by atoms with Gasteiger partial charge in [-0.2, -0.15) is 0 Å². The molecule has 1 saturated carbocycles. The summed E-state index contributed by atoms with van der Waals surface area (Å²) in [6.07, 6.45) is 5.54. The highest BCUT2D eigenvalue weighted by atomic mass is 16.4. The number of hydrogen-bond acceptors (Lipinski definition) is 2. The van der Waals surface area contributed by atoms with Crippen molar-refractivity contribution >= 4 is 12.0 Å². The van der Waals surface area contributed by atoms with Gasteiger partial charge in [0.2, 0.25) is 0 Å². The van der Waals surface area contributed by atoms with E-state index in [0.29, 0.717) is 6.54 Å². The van der Waals surface area contributed by atoms with Crippen LogP contribution in [-0.4, -0.2) is 41.1 Å². The zero-order chi connectivity index (χ0) is 15.1. The van der Waals surface area contributed by atoms with Crippen LogP contribution >= 0.6 is 0 Å². The Morgan fingerprint density at radius 1 is 1.25 bits per heavy atom. The number of carboxylic acid groups (broad SMARTS) is 1. The van der Waals surface area contributed by atoms with Gasteiger partial charge in [-0.15, -0.1) is 0 Å². The molecule has 0 bridgehead atoms. The average Bonchev–Trinajstić information content (AvgIpc) is 2.37. The molecule has 1 aliphatic rings. The molecular weight excluding hydrogens is 256 g/mol. The summed E-state index contributed by atoms with van der Waals surface area (Å²) in [6.45, 7) is 6.42. The Labute approximate surface area is 121 Å². The lowest BCUT2D eigenvalue weighted by Gasteiger charge is -2.31. The first-order valence-electron chi connectivity index (χ1n) is 7.69. The fourth-order valence-corrected chi connectivity index (χ4v) is 2.80. The summed E-state index contributed by atoms with van der Waals surface area (Å²) < 4.78 is 0. The van der Waals surface area contributed by atoms with Gasteiger partial charge in [0.05, 0.1) is 0 Å². The van der Waals surface area contributed by atoms with Crippen LogP contribution in [0, 0.1) is 11.8 Å². The number of carboxylic acids is 1. The Morgan fingerprint density at radius 3 is 2.30 bits per heavy atom. The molecule has 20 heavy (non-hydrogen) atoms. The van der Waals surface area contributed by atoms with Crippen LogP contribution in [0.1, 0.15) is 52.9 Å². The molecule has 5 heteroatoms. The van der Waals surface area contributed by atoms with Crippen molar-refractivity contribution in [1.29, 1.82) is 0 Å². The molecule has 0 aliphatic heterocycles. The number of nitrogens with one attached hydrogen (secondary N) is 1. The lowest BCUT2D eigenvalue weighted by atomic mass is 9.84. The van der Waals surface area contributed by atoms with Gasteiger partial charge in [-0.25, -0.2) is 4.79 Å². The van der Waals surface area contributed by atoms with Gasteiger partial charge in [0.1, 0.15) is 6.54 Å². The predicted octanol–water partition coefficient (Wildman–Crippen LogP) is 2.71. The van der Waals surface area contributed by atoms with Crippen LogP contribution in [0.5, 0.6) is 0 Å². The minimum absolute atomic E-state index is 0.203. The molecule has 0 heterocycles. The maximum Gasteiger partial charge on any atom is 0.323 e. The second kappa shape index (κ2) is 8.12. The molecule has 0 aromatic carbocycles. The normalized spacial score (nSPS) is 22.6. The summed E-state index contributed by atoms with van der Waals surface area (Å²) in [7, 11) is 0. The predicted molar refractivity (Wildman–Crippen MR) is 78.6 cm³/mol. The smallest absolute Gasteiger partial charge is 0.323 e. The molecule has 1 aliphatic carbocycles. The molecule has 5 nitrogen and oxygen atoms in total. The van der Waals surface area contributed by atoms with Crippen LogP contribution in [0.2, 0.25) is 0 Å². The Hall–Kier alpha value is -1.26. The van der Waals surface area contributed by atoms with E-state index in [1.54, 1.807) is 0 Å². The van der Waals surface area contributed by atoms with E-state index in [0.717, 1.165) is 31.6 Å². The van der Waals surface area contributed by atoms with Gasteiger partial charge < -0.3 is 15.3 Å². The van der Waals surface area contributed by atoms with Crippen LogP contribution in [-0.2, 0) is 4.79 Å². The van der Waals surface area contributed by atoms with E-state index in [-0.39, 0.29) is 24.5 Å². The summed E-state index contributed by atoms with van der Waals surface area (Å²) in [5, 5.41) is 11.9. The highest BCUT2D eigenvalue weighted by molar-refractivity contribution is 5.80. The maximum atomic E-state index is 12.2. The monoisotopic (exact) mass is 284 g/mol. The number of hydrogen-bond donors (Lipinski definition) is 2. The van der Waals surface area contributed by atoms with Crippen molar-refractivity contribution < 1.29 is 14.7 Å². The van der Waals surface area contributed by atoms with E-state index in [1.807, 2.05) is 13.8 Å². The number of nitrogens with zero attached hydrogens (tertiary/aromatic N) is 1. The number of carbonyl (C=O) groups is 2. The minimum atomic E-state index is -0.963. The molecule has 0 aromatic rings. The SMILES string of the molecule is CCC1CCC(NC(=O)N(CC(=O)O)CC(C)C)CC1. The fraction of sp³-hybridized carbons (Fsp3) is 0.867. The summed E-state index contributed by atoms with van der Waals surface area (Å²) in [5.74, 6) is 0.0837. The van der Waals surface area contributed by atoms with Gasteiger partial charge in [-0.1, -0.05) is 27.2 Å². The third-order valence-corrected chi connectivity index (χ3v) is 3.95. The van der Waals surface area contributed by atoms with Crippen molar-refractivity contribution in [1.82, 2.24) is 10.2 Å². The van der Waals surface area contributed by atoms with Crippen molar-refractivity contribution in [3.63, 3.8) is 0 Å². The van der Waals surface area contributed by atoms with E-state index in [2.05, 4.69) is 12.2 Å². The standard InChI is InChI=1S/C15H28N2O3/c1-4-12-5-7-13(8-6-12)16-15(20)17(9-11(2)3)10-14(18)19/h11-13H,4-10H2,1-3H3,(H,16,20)(H,18,19). The number of amides is 2. The lowest BCUT2D eigenvalue weighted by molar-refractivity contribution is -0.137. The van der Waals surface area contributed by atoms with Crippen LogP contribution < -0.4 is 5.32 Å². The molecule has 2 N–H and O–H groups in total. The Bertz CT molecular complexity index is 323. The van der Waals surface area contributed by atoms with Gasteiger partial charge in [0.15, 0.2) is 0 Å². The van der Waals surface area contributed by atoms with Gasteiger partial charge in [-0.05, 0) is 37.5 Å². The third-order valence-electron chi connectivity index (χ3n) is 3.95. The summed E-state index contributed by atoms with van der Waals surface area (Å²) in [6, 6.07) is -0.0326. The molecule has 0 unspecified atom stereocenters. The average molecular weight is 284 g/mol. The Kier molecular flexibility index (Phi) is 6.82.